The summed E-state index contributed by atoms with van der Waals surface area (Å²) < 4.78 is 7.75. The lowest BCUT2D eigenvalue weighted by atomic mass is 10.1. The first-order valence-corrected chi connectivity index (χ1v) is 11.5. The molecule has 5 aromatic rings. The van der Waals surface area contributed by atoms with E-state index in [4.69, 9.17) is 14.7 Å². The van der Waals surface area contributed by atoms with Gasteiger partial charge in [0, 0.05) is 17.5 Å². The van der Waals surface area contributed by atoms with Crippen LogP contribution in [0, 0.1) is 6.92 Å². The summed E-state index contributed by atoms with van der Waals surface area (Å²) in [6.07, 6.45) is 3.80. The molecule has 4 nitrogen and oxygen atoms in total. The van der Waals surface area contributed by atoms with Gasteiger partial charge in [-0.3, -0.25) is 4.57 Å². The molecule has 2 aromatic heterocycles. The Kier molecular flexibility index (Phi) is 5.65. The zero-order valence-electron chi connectivity index (χ0n) is 18.0. The van der Waals surface area contributed by atoms with Gasteiger partial charge in [0.25, 0.3) is 0 Å². The first-order valence-electron chi connectivity index (χ1n) is 10.5. The van der Waals surface area contributed by atoms with Crippen LogP contribution in [0.15, 0.2) is 96.4 Å². The third-order valence-corrected chi connectivity index (χ3v) is 6.64. The summed E-state index contributed by atoms with van der Waals surface area (Å²) in [5.41, 5.74) is 6.68. The molecule has 0 saturated carbocycles. The Morgan fingerprint density at radius 3 is 2.44 bits per heavy atom. The maximum Gasteiger partial charge on any atom is 0.149 e. The molecule has 0 N–H and O–H groups in total. The Morgan fingerprint density at radius 2 is 1.62 bits per heavy atom. The van der Waals surface area contributed by atoms with E-state index in [9.17, 15) is 0 Å². The molecule has 0 atom stereocenters. The number of methoxy groups -OCH3 is 1. The number of thioether (sulfide) groups is 1. The van der Waals surface area contributed by atoms with E-state index in [1.165, 1.54) is 11.1 Å². The summed E-state index contributed by atoms with van der Waals surface area (Å²) in [6.45, 7) is 2.15. The molecule has 0 aliphatic heterocycles. The number of nitrogens with zero attached hydrogens (tertiary/aromatic N) is 3. The van der Waals surface area contributed by atoms with Crippen molar-refractivity contribution in [1.29, 1.82) is 0 Å². The van der Waals surface area contributed by atoms with E-state index in [0.717, 1.165) is 44.4 Å². The monoisotopic (exact) mass is 437 g/mol. The summed E-state index contributed by atoms with van der Waals surface area (Å²) in [4.78, 5) is 9.39. The standard InChI is InChI=1S/C27H23N3OS/c1-19-10-6-7-13-21(19)17-32-27-25-22(20-11-4-3-5-12-20)16-30(26(25)28-18-29-27)23-14-8-9-15-24(23)31-2/h3-16,18H,17H2,1-2H3. The van der Waals surface area contributed by atoms with E-state index >= 15 is 0 Å². The average Bonchev–Trinajstić information content (AvgIpc) is 3.24. The first-order chi connectivity index (χ1) is 15.8. The summed E-state index contributed by atoms with van der Waals surface area (Å²) in [5.74, 6) is 1.66. The quantitative estimate of drug-likeness (QED) is 0.219. The predicted molar refractivity (Wildman–Crippen MR) is 132 cm³/mol. The fraction of sp³-hybridized carbons (Fsp3) is 0.111. The molecule has 5 heteroatoms. The molecule has 2 heterocycles. The van der Waals surface area contributed by atoms with Crippen LogP contribution in [-0.4, -0.2) is 21.6 Å². The van der Waals surface area contributed by atoms with Gasteiger partial charge in [-0.1, -0.05) is 66.7 Å². The van der Waals surface area contributed by atoms with Crippen LogP contribution in [0.1, 0.15) is 11.1 Å². The second-order valence-electron chi connectivity index (χ2n) is 7.54. The van der Waals surface area contributed by atoms with Gasteiger partial charge < -0.3 is 4.74 Å². The van der Waals surface area contributed by atoms with Gasteiger partial charge >= 0.3 is 0 Å². The van der Waals surface area contributed by atoms with E-state index in [1.54, 1.807) is 25.2 Å². The Labute approximate surface area is 191 Å². The number of para-hydroxylation sites is 2. The largest absolute Gasteiger partial charge is 0.495 e. The van der Waals surface area contributed by atoms with Crippen LogP contribution >= 0.6 is 11.8 Å². The van der Waals surface area contributed by atoms with Gasteiger partial charge in [0.05, 0.1) is 18.2 Å². The van der Waals surface area contributed by atoms with Crippen molar-refractivity contribution in [3.63, 3.8) is 0 Å². The lowest BCUT2D eigenvalue weighted by Crippen LogP contribution is -1.98. The van der Waals surface area contributed by atoms with Gasteiger partial charge in [-0.25, -0.2) is 9.97 Å². The normalized spacial score (nSPS) is 11.1. The Morgan fingerprint density at radius 1 is 0.875 bits per heavy atom. The van der Waals surface area contributed by atoms with Crippen LogP contribution in [0.3, 0.4) is 0 Å². The summed E-state index contributed by atoms with van der Waals surface area (Å²) in [5, 5.41) is 2.04. The van der Waals surface area contributed by atoms with E-state index in [-0.39, 0.29) is 0 Å². The molecule has 0 unspecified atom stereocenters. The van der Waals surface area contributed by atoms with Crippen molar-refractivity contribution < 1.29 is 4.74 Å². The molecule has 158 valence electrons. The molecule has 0 bridgehead atoms. The van der Waals surface area contributed by atoms with Gasteiger partial charge in [0.1, 0.15) is 22.7 Å². The van der Waals surface area contributed by atoms with Crippen molar-refractivity contribution in [2.24, 2.45) is 0 Å². The topological polar surface area (TPSA) is 39.9 Å². The number of benzene rings is 3. The van der Waals surface area contributed by atoms with Crippen LogP contribution in [0.4, 0.5) is 0 Å². The highest BCUT2D eigenvalue weighted by Crippen LogP contribution is 2.39. The molecule has 0 aliphatic rings. The molecular formula is C27H23N3OS. The van der Waals surface area contributed by atoms with Gasteiger partial charge in [-0.05, 0) is 35.7 Å². The fourth-order valence-electron chi connectivity index (χ4n) is 3.91. The number of aryl methyl sites for hydroxylation is 1. The maximum atomic E-state index is 5.64. The minimum atomic E-state index is 0.803. The molecule has 3 aromatic carbocycles. The minimum absolute atomic E-state index is 0.803. The predicted octanol–water partition coefficient (Wildman–Crippen LogP) is 6.70. The molecule has 0 saturated heterocycles. The first kappa shape index (κ1) is 20.3. The molecule has 5 rings (SSSR count). The van der Waals surface area contributed by atoms with E-state index in [0.29, 0.717) is 0 Å². The Bertz CT molecular complexity index is 1380. The zero-order valence-corrected chi connectivity index (χ0v) is 18.8. The number of hydrogen-bond acceptors (Lipinski definition) is 4. The van der Waals surface area contributed by atoms with E-state index in [1.807, 2.05) is 24.3 Å². The Balaban J connectivity index is 1.69. The van der Waals surface area contributed by atoms with Crippen molar-refractivity contribution in [3.8, 4) is 22.6 Å². The van der Waals surface area contributed by atoms with Crippen molar-refractivity contribution in [3.05, 3.63) is 103 Å². The fourth-order valence-corrected chi connectivity index (χ4v) is 4.99. The van der Waals surface area contributed by atoms with Crippen molar-refractivity contribution >= 4 is 22.8 Å². The lowest BCUT2D eigenvalue weighted by Gasteiger charge is -2.10. The summed E-state index contributed by atoms with van der Waals surface area (Å²) in [6, 6.07) is 26.9. The molecular weight excluding hydrogens is 414 g/mol. The number of ether oxygens (including phenoxy) is 1. The molecule has 32 heavy (non-hydrogen) atoms. The highest BCUT2D eigenvalue weighted by molar-refractivity contribution is 7.98. The second-order valence-corrected chi connectivity index (χ2v) is 8.51. The second kappa shape index (κ2) is 8.89. The van der Waals surface area contributed by atoms with Gasteiger partial charge in [0.2, 0.25) is 0 Å². The number of aromatic nitrogens is 3. The van der Waals surface area contributed by atoms with Crippen LogP contribution in [0.25, 0.3) is 27.8 Å². The highest BCUT2D eigenvalue weighted by atomic mass is 32.2. The van der Waals surface area contributed by atoms with Crippen molar-refractivity contribution in [2.45, 2.75) is 17.7 Å². The van der Waals surface area contributed by atoms with Crippen LogP contribution in [-0.2, 0) is 5.75 Å². The van der Waals surface area contributed by atoms with Gasteiger partial charge in [0.15, 0.2) is 0 Å². The number of rotatable bonds is 6. The van der Waals surface area contributed by atoms with Crippen LogP contribution < -0.4 is 4.74 Å². The SMILES string of the molecule is COc1ccccc1-n1cc(-c2ccccc2)c2c(SCc3ccccc3C)ncnc21. The molecule has 0 radical (unpaired) electrons. The van der Waals surface area contributed by atoms with Crippen molar-refractivity contribution in [1.82, 2.24) is 14.5 Å². The Hall–Kier alpha value is -3.57. The van der Waals surface area contributed by atoms with Crippen LogP contribution in [0.5, 0.6) is 5.75 Å². The molecule has 0 spiro atoms. The average molecular weight is 438 g/mol. The molecule has 0 fully saturated rings. The van der Waals surface area contributed by atoms with Gasteiger partial charge in [-0.15, -0.1) is 11.8 Å². The maximum absolute atomic E-state index is 5.64. The van der Waals surface area contributed by atoms with Gasteiger partial charge in [-0.2, -0.15) is 0 Å². The van der Waals surface area contributed by atoms with E-state index < -0.39 is 0 Å². The number of fused-ring (bicyclic) bond motifs is 1. The highest BCUT2D eigenvalue weighted by Gasteiger charge is 2.19. The van der Waals surface area contributed by atoms with Crippen LogP contribution in [0.2, 0.25) is 0 Å². The van der Waals surface area contributed by atoms with Crippen molar-refractivity contribution in [2.75, 3.05) is 7.11 Å². The summed E-state index contributed by atoms with van der Waals surface area (Å²) >= 11 is 1.75. The minimum Gasteiger partial charge on any atom is -0.495 e. The lowest BCUT2D eigenvalue weighted by molar-refractivity contribution is 0.413. The number of hydrogen-bond donors (Lipinski definition) is 0. The third kappa shape index (κ3) is 3.76. The smallest absolute Gasteiger partial charge is 0.149 e. The third-order valence-electron chi connectivity index (χ3n) is 5.60. The zero-order chi connectivity index (χ0) is 21.9. The molecule has 0 amide bonds. The summed E-state index contributed by atoms with van der Waals surface area (Å²) in [7, 11) is 1.70. The molecule has 0 aliphatic carbocycles. The van der Waals surface area contributed by atoms with E-state index in [2.05, 4.69) is 72.3 Å².